The highest BCUT2D eigenvalue weighted by atomic mass is 19.1. The molecule has 0 saturated carbocycles. The number of methoxy groups -OCH3 is 1. The fraction of sp³-hybridized carbons (Fsp3) is 0.455. The largest absolute Gasteiger partial charge is 0.375 e. The lowest BCUT2D eigenvalue weighted by Gasteiger charge is -2.19. The molecule has 30 heavy (non-hydrogen) atoms. The van der Waals surface area contributed by atoms with E-state index in [1.807, 2.05) is 6.92 Å². The van der Waals surface area contributed by atoms with E-state index in [4.69, 9.17) is 9.72 Å². The summed E-state index contributed by atoms with van der Waals surface area (Å²) in [6, 6.07) is 6.60. The zero-order valence-electron chi connectivity index (χ0n) is 17.2. The Hall–Kier alpha value is -2.87. The number of carbonyl (C=O) groups excluding carboxylic acids is 2. The summed E-state index contributed by atoms with van der Waals surface area (Å²) in [6.45, 7) is 3.51. The minimum Gasteiger partial charge on any atom is -0.375 e. The number of benzene rings is 1. The first-order valence-corrected chi connectivity index (χ1v) is 10.2. The third-order valence-electron chi connectivity index (χ3n) is 5.83. The van der Waals surface area contributed by atoms with Crippen LogP contribution < -0.4 is 4.90 Å². The third-order valence-corrected chi connectivity index (χ3v) is 5.83. The van der Waals surface area contributed by atoms with Gasteiger partial charge in [0.1, 0.15) is 24.1 Å². The Kier molecular flexibility index (Phi) is 5.76. The van der Waals surface area contributed by atoms with Gasteiger partial charge in [-0.3, -0.25) is 14.5 Å². The van der Waals surface area contributed by atoms with Crippen molar-refractivity contribution in [3.8, 4) is 0 Å². The van der Waals surface area contributed by atoms with Crippen LogP contribution in [0.4, 0.5) is 10.2 Å². The molecule has 1 fully saturated rings. The minimum atomic E-state index is -0.268. The van der Waals surface area contributed by atoms with Gasteiger partial charge in [0, 0.05) is 43.9 Å². The smallest absolute Gasteiger partial charge is 0.248 e. The molecule has 1 atom stereocenters. The number of aryl methyl sites for hydroxylation is 1. The Balaban J connectivity index is 1.53. The summed E-state index contributed by atoms with van der Waals surface area (Å²) < 4.78 is 18.9. The van der Waals surface area contributed by atoms with Gasteiger partial charge in [-0.05, 0) is 31.4 Å². The molecule has 0 aliphatic carbocycles. The van der Waals surface area contributed by atoms with E-state index in [-0.39, 0.29) is 36.6 Å². The van der Waals surface area contributed by atoms with Gasteiger partial charge in [0.15, 0.2) is 0 Å². The maximum Gasteiger partial charge on any atom is 0.248 e. The molecule has 2 aliphatic heterocycles. The Bertz CT molecular complexity index is 981. The number of aromatic nitrogens is 2. The van der Waals surface area contributed by atoms with Gasteiger partial charge in [-0.25, -0.2) is 14.4 Å². The van der Waals surface area contributed by atoms with E-state index in [0.29, 0.717) is 43.3 Å². The van der Waals surface area contributed by atoms with Crippen LogP contribution in [0.2, 0.25) is 0 Å². The number of hydrogen-bond acceptors (Lipinski definition) is 5. The molecule has 1 aromatic carbocycles. The molecule has 0 radical (unpaired) electrons. The SMILES string of the molecule is COCC(=O)N1CC[C@@H](c2nc(C)c3c(n2)N(CCc2ccccc2F)C(=O)C3)C1. The molecule has 7 nitrogen and oxygen atoms in total. The van der Waals surface area contributed by atoms with E-state index < -0.39 is 0 Å². The fourth-order valence-corrected chi connectivity index (χ4v) is 4.16. The van der Waals surface area contributed by atoms with E-state index in [1.165, 1.54) is 13.2 Å². The van der Waals surface area contributed by atoms with E-state index in [1.54, 1.807) is 28.0 Å². The van der Waals surface area contributed by atoms with Crippen molar-refractivity contribution >= 4 is 17.6 Å². The number of ether oxygens (including phenoxy) is 1. The highest BCUT2D eigenvalue weighted by Gasteiger charge is 2.34. The summed E-state index contributed by atoms with van der Waals surface area (Å²) in [5, 5.41) is 0. The number of fused-ring (bicyclic) bond motifs is 1. The normalized spacial score (nSPS) is 18.2. The molecule has 0 bridgehead atoms. The van der Waals surface area contributed by atoms with Crippen LogP contribution in [0.1, 0.15) is 35.0 Å². The van der Waals surface area contributed by atoms with E-state index in [9.17, 15) is 14.0 Å². The lowest BCUT2D eigenvalue weighted by molar-refractivity contribution is -0.134. The molecule has 3 heterocycles. The zero-order chi connectivity index (χ0) is 21.3. The van der Waals surface area contributed by atoms with Crippen molar-refractivity contribution in [2.24, 2.45) is 0 Å². The molecule has 2 aromatic rings. The maximum absolute atomic E-state index is 14.0. The van der Waals surface area contributed by atoms with Gasteiger partial charge in [0.05, 0.1) is 6.42 Å². The van der Waals surface area contributed by atoms with Gasteiger partial charge in [-0.15, -0.1) is 0 Å². The number of anilines is 1. The summed E-state index contributed by atoms with van der Waals surface area (Å²) in [4.78, 5) is 37.5. The quantitative estimate of drug-likeness (QED) is 0.726. The average molecular weight is 412 g/mol. The number of amides is 2. The lowest BCUT2D eigenvalue weighted by atomic mass is 10.1. The first kappa shape index (κ1) is 20.4. The van der Waals surface area contributed by atoms with Crippen LogP contribution in [0.25, 0.3) is 0 Å². The van der Waals surface area contributed by atoms with Crippen LogP contribution in [0.3, 0.4) is 0 Å². The molecular formula is C22H25FN4O3. The van der Waals surface area contributed by atoms with Crippen molar-refractivity contribution in [3.63, 3.8) is 0 Å². The second-order valence-corrected chi connectivity index (χ2v) is 7.79. The minimum absolute atomic E-state index is 0.0268. The molecule has 0 unspecified atom stereocenters. The summed E-state index contributed by atoms with van der Waals surface area (Å²) in [5.41, 5.74) is 2.20. The first-order chi connectivity index (χ1) is 14.5. The van der Waals surface area contributed by atoms with E-state index in [2.05, 4.69) is 4.98 Å². The highest BCUT2D eigenvalue weighted by Crippen LogP contribution is 2.33. The van der Waals surface area contributed by atoms with Crippen LogP contribution >= 0.6 is 0 Å². The number of likely N-dealkylation sites (tertiary alicyclic amines) is 1. The van der Waals surface area contributed by atoms with Gasteiger partial charge in [-0.1, -0.05) is 18.2 Å². The van der Waals surface area contributed by atoms with Crippen LogP contribution in [-0.4, -0.2) is 60.0 Å². The monoisotopic (exact) mass is 412 g/mol. The van der Waals surface area contributed by atoms with Crippen molar-refractivity contribution in [1.82, 2.24) is 14.9 Å². The van der Waals surface area contributed by atoms with Crippen molar-refractivity contribution in [3.05, 3.63) is 52.7 Å². The molecule has 2 amide bonds. The molecule has 0 spiro atoms. The van der Waals surface area contributed by atoms with Crippen LogP contribution in [-0.2, 0) is 27.2 Å². The van der Waals surface area contributed by atoms with Crippen molar-refractivity contribution in [1.29, 1.82) is 0 Å². The first-order valence-electron chi connectivity index (χ1n) is 10.2. The standard InChI is InChI=1S/C22H25FN4O3/c1-14-17-11-19(28)27(10-8-15-5-3-4-6-18(15)23)22(17)25-21(24-14)16-7-9-26(12-16)20(29)13-30-2/h3-6,16H,7-13H2,1-2H3/t16-/m1/s1. The van der Waals surface area contributed by atoms with Crippen molar-refractivity contribution in [2.45, 2.75) is 32.1 Å². The molecule has 0 N–H and O–H groups in total. The number of rotatable bonds is 6. The Morgan fingerprint density at radius 3 is 2.87 bits per heavy atom. The summed E-state index contributed by atoms with van der Waals surface area (Å²) >= 11 is 0. The molecule has 2 aliphatic rings. The van der Waals surface area contributed by atoms with Gasteiger partial charge in [-0.2, -0.15) is 0 Å². The molecule has 8 heteroatoms. The van der Waals surface area contributed by atoms with E-state index in [0.717, 1.165) is 17.7 Å². The molecule has 4 rings (SSSR count). The lowest BCUT2D eigenvalue weighted by Crippen LogP contribution is -2.32. The summed E-state index contributed by atoms with van der Waals surface area (Å²) in [6.07, 6.45) is 1.46. The summed E-state index contributed by atoms with van der Waals surface area (Å²) in [5.74, 6) is 0.957. The van der Waals surface area contributed by atoms with Crippen LogP contribution in [0.5, 0.6) is 0 Å². The Morgan fingerprint density at radius 1 is 1.30 bits per heavy atom. The van der Waals surface area contributed by atoms with Gasteiger partial charge < -0.3 is 9.64 Å². The fourth-order valence-electron chi connectivity index (χ4n) is 4.16. The van der Waals surface area contributed by atoms with Gasteiger partial charge in [0.25, 0.3) is 0 Å². The molecule has 1 aromatic heterocycles. The second kappa shape index (κ2) is 8.47. The topological polar surface area (TPSA) is 75.6 Å². The second-order valence-electron chi connectivity index (χ2n) is 7.79. The number of hydrogen-bond donors (Lipinski definition) is 0. The Labute approximate surface area is 174 Å². The third kappa shape index (κ3) is 3.92. The number of carbonyl (C=O) groups is 2. The molecule has 158 valence electrons. The predicted octanol–water partition coefficient (Wildman–Crippen LogP) is 2.02. The average Bonchev–Trinajstić information content (AvgIpc) is 3.33. The Morgan fingerprint density at radius 2 is 2.10 bits per heavy atom. The molecule has 1 saturated heterocycles. The summed E-state index contributed by atoms with van der Waals surface area (Å²) in [7, 11) is 1.51. The zero-order valence-corrected chi connectivity index (χ0v) is 17.2. The van der Waals surface area contributed by atoms with Crippen LogP contribution in [0.15, 0.2) is 24.3 Å². The van der Waals surface area contributed by atoms with Crippen LogP contribution in [0, 0.1) is 12.7 Å². The van der Waals surface area contributed by atoms with E-state index >= 15 is 0 Å². The number of halogens is 1. The molecular weight excluding hydrogens is 387 g/mol. The van der Waals surface area contributed by atoms with Gasteiger partial charge >= 0.3 is 0 Å². The van der Waals surface area contributed by atoms with Gasteiger partial charge in [0.2, 0.25) is 11.8 Å². The number of nitrogens with zero attached hydrogens (tertiary/aromatic N) is 4. The predicted molar refractivity (Wildman–Crippen MR) is 109 cm³/mol. The highest BCUT2D eigenvalue weighted by molar-refractivity contribution is 6.00. The maximum atomic E-state index is 14.0. The van der Waals surface area contributed by atoms with Crippen molar-refractivity contribution in [2.75, 3.05) is 38.3 Å². The van der Waals surface area contributed by atoms with Crippen molar-refractivity contribution < 1.29 is 18.7 Å².